The number of aromatic nitrogens is 2. The fourth-order valence-electron chi connectivity index (χ4n) is 2.28. The Labute approximate surface area is 117 Å². The molecule has 1 aliphatic rings. The van der Waals surface area contributed by atoms with E-state index < -0.39 is 0 Å². The van der Waals surface area contributed by atoms with E-state index in [9.17, 15) is 4.79 Å². The third kappa shape index (κ3) is 2.55. The lowest BCUT2D eigenvalue weighted by atomic mass is 10.1. The summed E-state index contributed by atoms with van der Waals surface area (Å²) in [5, 5.41) is 3.79. The number of piperazine rings is 1. The van der Waals surface area contributed by atoms with Crippen molar-refractivity contribution >= 4 is 5.91 Å². The highest BCUT2D eigenvalue weighted by Crippen LogP contribution is 2.17. The Balaban J connectivity index is 1.80. The lowest BCUT2D eigenvalue weighted by Crippen LogP contribution is -2.47. The molecule has 1 aliphatic heterocycles. The minimum Gasteiger partial charge on any atom is -0.342 e. The van der Waals surface area contributed by atoms with E-state index in [1.807, 2.05) is 29.2 Å². The lowest BCUT2D eigenvalue weighted by Gasteiger charge is -2.32. The van der Waals surface area contributed by atoms with Gasteiger partial charge in [-0.2, -0.15) is 4.98 Å². The van der Waals surface area contributed by atoms with Crippen molar-refractivity contribution in [2.45, 2.75) is 0 Å². The normalized spacial score (nSPS) is 16.4. The topological polar surface area (TPSA) is 62.5 Å². The van der Waals surface area contributed by atoms with Gasteiger partial charge in [-0.25, -0.2) is 0 Å². The second-order valence-corrected chi connectivity index (χ2v) is 4.93. The van der Waals surface area contributed by atoms with E-state index in [0.29, 0.717) is 11.4 Å². The standard InChI is InChI=1S/C14H16N4O2/c1-17-5-7-18(8-6-17)14(19)12-4-2-3-11(9-12)13-15-10-20-16-13/h2-4,9-10H,5-8H2,1H3. The summed E-state index contributed by atoms with van der Waals surface area (Å²) in [5.41, 5.74) is 1.45. The molecule has 0 saturated carbocycles. The Morgan fingerprint density at radius 1 is 1.25 bits per heavy atom. The first-order chi connectivity index (χ1) is 9.74. The van der Waals surface area contributed by atoms with Crippen molar-refractivity contribution in [3.63, 3.8) is 0 Å². The predicted molar refractivity (Wildman–Crippen MR) is 73.1 cm³/mol. The van der Waals surface area contributed by atoms with Crippen molar-refractivity contribution in [1.29, 1.82) is 0 Å². The molecule has 0 bridgehead atoms. The van der Waals surface area contributed by atoms with Gasteiger partial charge < -0.3 is 14.3 Å². The first-order valence-electron chi connectivity index (χ1n) is 6.58. The molecule has 0 N–H and O–H groups in total. The van der Waals surface area contributed by atoms with Crippen LogP contribution in [0.2, 0.25) is 0 Å². The number of carbonyl (C=O) groups is 1. The van der Waals surface area contributed by atoms with Gasteiger partial charge >= 0.3 is 0 Å². The molecule has 6 nitrogen and oxygen atoms in total. The summed E-state index contributed by atoms with van der Waals surface area (Å²) in [6.45, 7) is 3.36. The Morgan fingerprint density at radius 3 is 2.75 bits per heavy atom. The van der Waals surface area contributed by atoms with Crippen LogP contribution in [0.4, 0.5) is 0 Å². The highest BCUT2D eigenvalue weighted by molar-refractivity contribution is 5.95. The summed E-state index contributed by atoms with van der Waals surface area (Å²) in [6, 6.07) is 7.34. The minimum atomic E-state index is 0.0587. The SMILES string of the molecule is CN1CCN(C(=O)c2cccc(-c3ncon3)c2)CC1. The van der Waals surface area contributed by atoms with Gasteiger partial charge in [-0.1, -0.05) is 17.3 Å². The molecule has 6 heteroatoms. The van der Waals surface area contributed by atoms with Crippen molar-refractivity contribution in [3.8, 4) is 11.4 Å². The monoisotopic (exact) mass is 272 g/mol. The number of hydrogen-bond acceptors (Lipinski definition) is 5. The van der Waals surface area contributed by atoms with Crippen molar-refractivity contribution < 1.29 is 9.32 Å². The summed E-state index contributed by atoms with van der Waals surface area (Å²) in [7, 11) is 2.07. The molecule has 1 saturated heterocycles. The molecule has 0 spiro atoms. The molecule has 1 aromatic carbocycles. The second-order valence-electron chi connectivity index (χ2n) is 4.93. The van der Waals surface area contributed by atoms with Crippen molar-refractivity contribution in [2.75, 3.05) is 33.2 Å². The molecule has 3 rings (SSSR count). The van der Waals surface area contributed by atoms with Crippen LogP contribution in [0.5, 0.6) is 0 Å². The van der Waals surface area contributed by atoms with Gasteiger partial charge in [0.15, 0.2) is 0 Å². The van der Waals surface area contributed by atoms with Crippen LogP contribution in [0.15, 0.2) is 35.2 Å². The molecule has 0 aliphatic carbocycles. The third-order valence-electron chi connectivity index (χ3n) is 3.52. The molecular formula is C14H16N4O2. The average molecular weight is 272 g/mol. The van der Waals surface area contributed by atoms with Crippen molar-refractivity contribution in [2.24, 2.45) is 0 Å². The molecular weight excluding hydrogens is 256 g/mol. The third-order valence-corrected chi connectivity index (χ3v) is 3.52. The van der Waals surface area contributed by atoms with Gasteiger partial charge in [0.05, 0.1) is 0 Å². The molecule has 0 atom stereocenters. The van der Waals surface area contributed by atoms with E-state index in [2.05, 4.69) is 22.1 Å². The van der Waals surface area contributed by atoms with Gasteiger partial charge in [0, 0.05) is 37.3 Å². The number of amides is 1. The molecule has 0 radical (unpaired) electrons. The molecule has 20 heavy (non-hydrogen) atoms. The summed E-state index contributed by atoms with van der Waals surface area (Å²) in [4.78, 5) is 20.6. The van der Waals surface area contributed by atoms with Crippen LogP contribution in [0.1, 0.15) is 10.4 Å². The molecule has 104 valence electrons. The smallest absolute Gasteiger partial charge is 0.253 e. The van der Waals surface area contributed by atoms with Gasteiger partial charge in [0.1, 0.15) is 0 Å². The van der Waals surface area contributed by atoms with Crippen LogP contribution in [0.3, 0.4) is 0 Å². The zero-order chi connectivity index (χ0) is 13.9. The van der Waals surface area contributed by atoms with Crippen molar-refractivity contribution in [3.05, 3.63) is 36.2 Å². The number of nitrogens with zero attached hydrogens (tertiary/aromatic N) is 4. The van der Waals surface area contributed by atoms with Gasteiger partial charge in [0.2, 0.25) is 12.2 Å². The molecule has 2 aromatic rings. The molecule has 1 amide bonds. The average Bonchev–Trinajstić information content (AvgIpc) is 3.02. The van der Waals surface area contributed by atoms with E-state index in [0.717, 1.165) is 31.7 Å². The van der Waals surface area contributed by atoms with Crippen LogP contribution in [0, 0.1) is 0 Å². The van der Waals surface area contributed by atoms with Crippen LogP contribution >= 0.6 is 0 Å². The Morgan fingerprint density at radius 2 is 2.05 bits per heavy atom. The number of benzene rings is 1. The maximum absolute atomic E-state index is 12.5. The fourth-order valence-corrected chi connectivity index (χ4v) is 2.28. The van der Waals surface area contributed by atoms with E-state index in [-0.39, 0.29) is 5.91 Å². The highest BCUT2D eigenvalue weighted by atomic mass is 16.5. The maximum atomic E-state index is 12.5. The Bertz CT molecular complexity index is 589. The number of rotatable bonds is 2. The summed E-state index contributed by atoms with van der Waals surface area (Å²) in [6.07, 6.45) is 1.28. The number of likely N-dealkylation sites (N-methyl/N-ethyl adjacent to an activating group) is 1. The minimum absolute atomic E-state index is 0.0587. The Hall–Kier alpha value is -2.21. The molecule has 0 unspecified atom stereocenters. The summed E-state index contributed by atoms with van der Waals surface area (Å²) >= 11 is 0. The largest absolute Gasteiger partial charge is 0.342 e. The fraction of sp³-hybridized carbons (Fsp3) is 0.357. The van der Waals surface area contributed by atoms with Crippen LogP contribution in [0.25, 0.3) is 11.4 Å². The quantitative estimate of drug-likeness (QED) is 0.820. The zero-order valence-electron chi connectivity index (χ0n) is 11.3. The van der Waals surface area contributed by atoms with Gasteiger partial charge in [0.25, 0.3) is 5.91 Å². The van der Waals surface area contributed by atoms with Gasteiger partial charge in [-0.15, -0.1) is 0 Å². The number of carbonyl (C=O) groups excluding carboxylic acids is 1. The Kier molecular flexibility index (Phi) is 3.47. The van der Waals surface area contributed by atoms with Crippen LogP contribution < -0.4 is 0 Å². The van der Waals surface area contributed by atoms with E-state index >= 15 is 0 Å². The van der Waals surface area contributed by atoms with E-state index in [4.69, 9.17) is 4.52 Å². The highest BCUT2D eigenvalue weighted by Gasteiger charge is 2.20. The lowest BCUT2D eigenvalue weighted by molar-refractivity contribution is 0.0664. The zero-order valence-corrected chi connectivity index (χ0v) is 11.3. The first kappa shape index (κ1) is 12.8. The van der Waals surface area contributed by atoms with E-state index in [1.54, 1.807) is 0 Å². The van der Waals surface area contributed by atoms with Gasteiger partial charge in [-0.3, -0.25) is 4.79 Å². The van der Waals surface area contributed by atoms with Crippen LogP contribution in [-0.4, -0.2) is 59.1 Å². The molecule has 1 aromatic heterocycles. The second kappa shape index (κ2) is 5.42. The van der Waals surface area contributed by atoms with Crippen LogP contribution in [-0.2, 0) is 0 Å². The summed E-state index contributed by atoms with van der Waals surface area (Å²) in [5.74, 6) is 0.557. The maximum Gasteiger partial charge on any atom is 0.253 e. The molecule has 1 fully saturated rings. The summed E-state index contributed by atoms with van der Waals surface area (Å²) < 4.78 is 4.74. The first-order valence-corrected chi connectivity index (χ1v) is 6.58. The predicted octanol–water partition coefficient (Wildman–Crippen LogP) is 1.12. The molecule has 2 heterocycles. The van der Waals surface area contributed by atoms with E-state index in [1.165, 1.54) is 6.39 Å². The van der Waals surface area contributed by atoms with Crippen molar-refractivity contribution in [1.82, 2.24) is 19.9 Å². The number of hydrogen-bond donors (Lipinski definition) is 0. The van der Waals surface area contributed by atoms with Gasteiger partial charge in [-0.05, 0) is 19.2 Å².